The molecule has 5 heteroatoms. The van der Waals surface area contributed by atoms with E-state index in [0.29, 0.717) is 21.0 Å². The van der Waals surface area contributed by atoms with Crippen LogP contribution in [0.4, 0.5) is 5.69 Å². The molecule has 3 atom stereocenters. The quantitative estimate of drug-likeness (QED) is 0.407. The Morgan fingerprint density at radius 1 is 0.957 bits per heavy atom. The van der Waals surface area contributed by atoms with E-state index in [1.54, 1.807) is 6.07 Å². The van der Waals surface area contributed by atoms with Crippen LogP contribution in [0.1, 0.15) is 29.5 Å². The second-order valence-electron chi connectivity index (χ2n) is 5.94. The van der Waals surface area contributed by atoms with Crippen LogP contribution in [-0.2, 0) is 0 Å². The molecular weight excluding hydrogens is 372 g/mol. The highest BCUT2D eigenvalue weighted by Crippen LogP contribution is 2.55. The maximum atomic E-state index is 6.48. The molecule has 0 radical (unpaired) electrons. The molecule has 0 saturated heterocycles. The lowest BCUT2D eigenvalue weighted by Gasteiger charge is -2.39. The van der Waals surface area contributed by atoms with Crippen LogP contribution in [0.25, 0.3) is 0 Å². The summed E-state index contributed by atoms with van der Waals surface area (Å²) in [6.07, 6.45) is 5.36. The maximum Gasteiger partial charge on any atom is 0.0656 e. The smallest absolute Gasteiger partial charge is 0.0656 e. The van der Waals surface area contributed by atoms with Crippen molar-refractivity contribution in [1.29, 1.82) is 0 Å². The predicted molar refractivity (Wildman–Crippen MR) is 99.3 cm³/mol. The van der Waals surface area contributed by atoms with Crippen molar-refractivity contribution in [1.82, 2.24) is 0 Å². The van der Waals surface area contributed by atoms with Crippen molar-refractivity contribution in [3.8, 4) is 0 Å². The minimum atomic E-state index is 0.0888. The number of rotatable bonds is 1. The molecule has 2 aromatic rings. The van der Waals surface area contributed by atoms with Gasteiger partial charge in [0.2, 0.25) is 0 Å². The monoisotopic (exact) mass is 383 g/mol. The third-order valence-electron chi connectivity index (χ3n) is 4.72. The zero-order chi connectivity index (χ0) is 16.1. The molecular formula is C18H13Cl4N. The minimum Gasteiger partial charge on any atom is -0.376 e. The topological polar surface area (TPSA) is 12.0 Å². The van der Waals surface area contributed by atoms with Gasteiger partial charge in [-0.25, -0.2) is 0 Å². The van der Waals surface area contributed by atoms with Gasteiger partial charge in [-0.05, 0) is 30.0 Å². The Kier molecular flexibility index (Phi) is 4.01. The van der Waals surface area contributed by atoms with Gasteiger partial charge in [0.05, 0.1) is 26.8 Å². The van der Waals surface area contributed by atoms with Gasteiger partial charge in [0.1, 0.15) is 0 Å². The van der Waals surface area contributed by atoms with E-state index < -0.39 is 0 Å². The SMILES string of the molecule is Clc1ccccc1[C@@H]1Nc2c(Cl)cc(Cl)c(Cl)c2[C@@H]2C=CC[C@@H]21. The molecule has 1 heterocycles. The number of fused-ring (bicyclic) bond motifs is 3. The molecule has 0 bridgehead atoms. The third-order valence-corrected chi connectivity index (χ3v) is 6.17. The van der Waals surface area contributed by atoms with Crippen LogP contribution < -0.4 is 5.32 Å². The molecule has 1 aliphatic heterocycles. The lowest BCUT2D eigenvalue weighted by molar-refractivity contribution is 0.426. The Balaban J connectivity index is 1.90. The van der Waals surface area contributed by atoms with Crippen LogP contribution in [-0.4, -0.2) is 0 Å². The van der Waals surface area contributed by atoms with E-state index in [2.05, 4.69) is 23.5 Å². The van der Waals surface area contributed by atoms with Gasteiger partial charge in [-0.1, -0.05) is 76.8 Å². The van der Waals surface area contributed by atoms with Gasteiger partial charge in [0.25, 0.3) is 0 Å². The number of hydrogen-bond acceptors (Lipinski definition) is 1. The Morgan fingerprint density at radius 3 is 2.52 bits per heavy atom. The van der Waals surface area contributed by atoms with Crippen LogP contribution in [0.15, 0.2) is 42.5 Å². The number of benzene rings is 2. The van der Waals surface area contributed by atoms with Crippen LogP contribution in [0.2, 0.25) is 20.1 Å². The fourth-order valence-electron chi connectivity index (χ4n) is 3.70. The molecule has 2 aliphatic rings. The van der Waals surface area contributed by atoms with Crippen molar-refractivity contribution in [2.45, 2.75) is 18.4 Å². The van der Waals surface area contributed by atoms with E-state index in [1.165, 1.54) is 0 Å². The lowest BCUT2D eigenvalue weighted by atomic mass is 9.77. The summed E-state index contributed by atoms with van der Waals surface area (Å²) in [4.78, 5) is 0. The fourth-order valence-corrected chi connectivity index (χ4v) is 4.76. The molecule has 0 unspecified atom stereocenters. The first-order valence-corrected chi connectivity index (χ1v) is 8.94. The molecule has 2 aromatic carbocycles. The van der Waals surface area contributed by atoms with Crippen molar-refractivity contribution < 1.29 is 0 Å². The first-order chi connectivity index (χ1) is 11.1. The van der Waals surface area contributed by atoms with Gasteiger partial charge in [0.15, 0.2) is 0 Å². The molecule has 0 fully saturated rings. The molecule has 23 heavy (non-hydrogen) atoms. The number of halogens is 4. The number of nitrogens with one attached hydrogen (secondary N) is 1. The highest BCUT2D eigenvalue weighted by Gasteiger charge is 2.41. The van der Waals surface area contributed by atoms with Crippen molar-refractivity contribution in [2.24, 2.45) is 5.92 Å². The van der Waals surface area contributed by atoms with Crippen LogP contribution in [0.3, 0.4) is 0 Å². The van der Waals surface area contributed by atoms with E-state index >= 15 is 0 Å². The van der Waals surface area contributed by atoms with Gasteiger partial charge < -0.3 is 5.32 Å². The van der Waals surface area contributed by atoms with Gasteiger partial charge in [0, 0.05) is 16.5 Å². The van der Waals surface area contributed by atoms with E-state index in [9.17, 15) is 0 Å². The number of allylic oxidation sites excluding steroid dienone is 2. The van der Waals surface area contributed by atoms with E-state index in [4.69, 9.17) is 46.4 Å². The highest BCUT2D eigenvalue weighted by molar-refractivity contribution is 6.44. The molecule has 1 nitrogen and oxygen atoms in total. The van der Waals surface area contributed by atoms with Crippen molar-refractivity contribution in [2.75, 3.05) is 5.32 Å². The van der Waals surface area contributed by atoms with Gasteiger partial charge in [-0.3, -0.25) is 0 Å². The van der Waals surface area contributed by atoms with Crippen LogP contribution in [0, 0.1) is 5.92 Å². The third kappa shape index (κ3) is 2.46. The van der Waals surface area contributed by atoms with E-state index in [-0.39, 0.29) is 12.0 Å². The zero-order valence-electron chi connectivity index (χ0n) is 12.0. The molecule has 4 rings (SSSR count). The zero-order valence-corrected chi connectivity index (χ0v) is 15.0. The lowest BCUT2D eigenvalue weighted by Crippen LogP contribution is -2.29. The summed E-state index contributed by atoms with van der Waals surface area (Å²) in [5.74, 6) is 0.533. The second kappa shape index (κ2) is 5.89. The van der Waals surface area contributed by atoms with Crippen molar-refractivity contribution in [3.63, 3.8) is 0 Å². The summed E-state index contributed by atoms with van der Waals surface area (Å²) in [6, 6.07) is 9.71. The van der Waals surface area contributed by atoms with E-state index in [0.717, 1.165) is 28.3 Å². The average Bonchev–Trinajstić information content (AvgIpc) is 3.01. The van der Waals surface area contributed by atoms with Crippen LogP contribution in [0.5, 0.6) is 0 Å². The molecule has 0 aromatic heterocycles. The maximum absolute atomic E-state index is 6.48. The minimum absolute atomic E-state index is 0.0888. The summed E-state index contributed by atoms with van der Waals surface area (Å²) >= 11 is 25.6. The molecule has 0 spiro atoms. The highest BCUT2D eigenvalue weighted by atomic mass is 35.5. The summed E-state index contributed by atoms with van der Waals surface area (Å²) < 4.78 is 0. The Bertz CT molecular complexity index is 815. The van der Waals surface area contributed by atoms with Gasteiger partial charge in [-0.2, -0.15) is 0 Å². The van der Waals surface area contributed by atoms with Crippen molar-refractivity contribution in [3.05, 3.63) is 73.7 Å². The molecule has 0 saturated carbocycles. The standard InChI is InChI=1S/C18H13Cl4N/c19-12-7-2-1-4-11(12)17-10-6-3-5-9(10)15-16(22)13(20)8-14(21)18(15)23-17/h1-5,7-10,17,23H,6H2/t9-,10+,17-/m1/s1. The second-order valence-corrected chi connectivity index (χ2v) is 7.54. The summed E-state index contributed by atoms with van der Waals surface area (Å²) in [6.45, 7) is 0. The summed E-state index contributed by atoms with van der Waals surface area (Å²) in [5, 5.41) is 5.98. The summed E-state index contributed by atoms with van der Waals surface area (Å²) in [7, 11) is 0. The number of anilines is 1. The summed E-state index contributed by atoms with van der Waals surface area (Å²) in [5.41, 5.74) is 2.94. The molecule has 0 amide bonds. The molecule has 118 valence electrons. The van der Waals surface area contributed by atoms with Gasteiger partial charge >= 0.3 is 0 Å². The van der Waals surface area contributed by atoms with E-state index in [1.807, 2.05) is 18.2 Å². The fraction of sp³-hybridized carbons (Fsp3) is 0.222. The number of hydrogen-bond donors (Lipinski definition) is 1. The predicted octanol–water partition coefficient (Wildman–Crippen LogP) is 7.13. The average molecular weight is 385 g/mol. The Morgan fingerprint density at radius 2 is 1.74 bits per heavy atom. The van der Waals surface area contributed by atoms with Gasteiger partial charge in [-0.15, -0.1) is 0 Å². The van der Waals surface area contributed by atoms with Crippen molar-refractivity contribution >= 4 is 52.1 Å². The van der Waals surface area contributed by atoms with Crippen LogP contribution >= 0.6 is 46.4 Å². The Hall–Kier alpha value is -0.860. The first kappa shape index (κ1) is 15.7. The molecule has 1 aliphatic carbocycles. The Labute approximate surface area is 155 Å². The normalized spacial score (nSPS) is 25.0. The largest absolute Gasteiger partial charge is 0.376 e. The molecule has 1 N–H and O–H groups in total. The first-order valence-electron chi connectivity index (χ1n) is 7.43.